The number of aromatic nitrogens is 2. The summed E-state index contributed by atoms with van der Waals surface area (Å²) in [5.41, 5.74) is 4.91. The van der Waals surface area contributed by atoms with Gasteiger partial charge < -0.3 is 4.74 Å². The Bertz CT molecular complexity index is 1490. The van der Waals surface area contributed by atoms with Crippen LogP contribution in [0.25, 0.3) is 22.1 Å². The van der Waals surface area contributed by atoms with Crippen molar-refractivity contribution in [1.29, 1.82) is 0 Å². The van der Waals surface area contributed by atoms with Crippen LogP contribution in [0.15, 0.2) is 76.0 Å². The quantitative estimate of drug-likeness (QED) is 0.362. The molecule has 0 fully saturated rings. The molecule has 4 nitrogen and oxygen atoms in total. The first-order chi connectivity index (χ1) is 14.6. The van der Waals surface area contributed by atoms with Crippen LogP contribution in [0, 0.1) is 6.92 Å². The average Bonchev–Trinajstić information content (AvgIpc) is 3.25. The minimum absolute atomic E-state index is 0.0421. The van der Waals surface area contributed by atoms with Crippen LogP contribution in [0.5, 0.6) is 5.75 Å². The van der Waals surface area contributed by atoms with Crippen LogP contribution in [-0.4, -0.2) is 9.38 Å². The van der Waals surface area contributed by atoms with Gasteiger partial charge in [0.25, 0.3) is 5.56 Å². The van der Waals surface area contributed by atoms with Gasteiger partial charge in [-0.25, -0.2) is 9.38 Å². The Hall–Kier alpha value is -2.96. The maximum absolute atomic E-state index is 12.9. The highest BCUT2D eigenvalue weighted by atomic mass is 79.9. The Morgan fingerprint density at radius 2 is 1.90 bits per heavy atom. The molecule has 30 heavy (non-hydrogen) atoms. The fourth-order valence-corrected chi connectivity index (χ4v) is 4.83. The zero-order valence-electron chi connectivity index (χ0n) is 16.1. The molecular formula is C24H17BrN2O2S. The summed E-state index contributed by atoms with van der Waals surface area (Å²) in [6, 6.07) is 21.8. The minimum Gasteiger partial charge on any atom is -0.488 e. The molecule has 0 bridgehead atoms. The van der Waals surface area contributed by atoms with E-state index in [0.717, 1.165) is 32.4 Å². The maximum atomic E-state index is 12.9. The summed E-state index contributed by atoms with van der Waals surface area (Å²) in [4.78, 5) is 18.2. The number of para-hydroxylation sites is 2. The monoisotopic (exact) mass is 476 g/mol. The first-order valence-corrected chi connectivity index (χ1v) is 11.1. The molecule has 5 aromatic rings. The van der Waals surface area contributed by atoms with Crippen molar-refractivity contribution in [2.75, 3.05) is 0 Å². The maximum Gasteiger partial charge on any atom is 0.274 e. The van der Waals surface area contributed by atoms with Gasteiger partial charge in [-0.3, -0.25) is 4.79 Å². The van der Waals surface area contributed by atoms with Crippen molar-refractivity contribution in [2.24, 2.45) is 0 Å². The van der Waals surface area contributed by atoms with Crippen molar-refractivity contribution < 1.29 is 4.74 Å². The van der Waals surface area contributed by atoms with Gasteiger partial charge in [0, 0.05) is 0 Å². The van der Waals surface area contributed by atoms with Crippen LogP contribution >= 0.6 is 27.3 Å². The molecule has 0 saturated carbocycles. The van der Waals surface area contributed by atoms with E-state index in [-0.39, 0.29) is 5.56 Å². The highest BCUT2D eigenvalue weighted by molar-refractivity contribution is 9.10. The van der Waals surface area contributed by atoms with Crippen LogP contribution in [0.3, 0.4) is 0 Å². The molecule has 0 aliphatic carbocycles. The molecule has 0 atom stereocenters. The molecule has 148 valence electrons. The zero-order chi connectivity index (χ0) is 20.7. The first kappa shape index (κ1) is 19.0. The van der Waals surface area contributed by atoms with Crippen LogP contribution in [-0.2, 0) is 6.61 Å². The molecule has 2 heterocycles. The third-order valence-electron chi connectivity index (χ3n) is 4.91. The second-order valence-corrected chi connectivity index (χ2v) is 8.96. The predicted molar refractivity (Wildman–Crippen MR) is 125 cm³/mol. The van der Waals surface area contributed by atoms with E-state index in [1.165, 1.54) is 16.9 Å². The van der Waals surface area contributed by atoms with Gasteiger partial charge in [-0.15, -0.1) is 0 Å². The largest absolute Gasteiger partial charge is 0.488 e. The zero-order valence-corrected chi connectivity index (χ0v) is 18.5. The van der Waals surface area contributed by atoms with E-state index in [4.69, 9.17) is 4.74 Å². The van der Waals surface area contributed by atoms with Gasteiger partial charge in [-0.2, -0.15) is 0 Å². The summed E-state index contributed by atoms with van der Waals surface area (Å²) < 4.78 is 9.13. The lowest BCUT2D eigenvalue weighted by Gasteiger charge is -2.09. The first-order valence-electron chi connectivity index (χ1n) is 9.48. The molecule has 6 heteroatoms. The lowest BCUT2D eigenvalue weighted by molar-refractivity contribution is 0.304. The van der Waals surface area contributed by atoms with E-state index in [1.54, 1.807) is 4.40 Å². The Labute approximate surface area is 185 Å². The van der Waals surface area contributed by atoms with Crippen LogP contribution < -0.4 is 14.8 Å². The molecule has 0 unspecified atom stereocenters. The number of rotatable bonds is 4. The van der Waals surface area contributed by atoms with Gasteiger partial charge in [0.15, 0.2) is 4.96 Å². The molecule has 0 aliphatic rings. The van der Waals surface area contributed by atoms with Crippen molar-refractivity contribution in [3.05, 3.63) is 103 Å². The Morgan fingerprint density at radius 1 is 1.10 bits per heavy atom. The second-order valence-electron chi connectivity index (χ2n) is 7.10. The van der Waals surface area contributed by atoms with E-state index in [1.807, 2.05) is 48.5 Å². The number of imidazole rings is 1. The molecule has 0 radical (unpaired) electrons. The summed E-state index contributed by atoms with van der Waals surface area (Å²) in [5, 5.41) is 0. The standard InChI is InChI=1S/C24H17BrN2O2S/c1-15-6-8-16(9-7-15)14-29-21-11-10-17(12-18(21)25)13-22-23(28)27-20-5-3-2-4-19(20)26-24(27)30-22/h2-13H,14H2,1H3. The molecule has 0 amide bonds. The van der Waals surface area contributed by atoms with E-state index in [2.05, 4.69) is 52.1 Å². The summed E-state index contributed by atoms with van der Waals surface area (Å²) >= 11 is 4.99. The molecular weight excluding hydrogens is 460 g/mol. The molecule has 0 aliphatic heterocycles. The normalized spacial score (nSPS) is 12.1. The molecule has 2 aromatic heterocycles. The number of halogens is 1. The summed E-state index contributed by atoms with van der Waals surface area (Å²) in [6.45, 7) is 2.57. The summed E-state index contributed by atoms with van der Waals surface area (Å²) in [6.07, 6.45) is 1.89. The van der Waals surface area contributed by atoms with Gasteiger partial charge in [0.2, 0.25) is 0 Å². The molecule has 3 aromatic carbocycles. The van der Waals surface area contributed by atoms with E-state index >= 15 is 0 Å². The van der Waals surface area contributed by atoms with Gasteiger partial charge in [-0.05, 0) is 64.3 Å². The fourth-order valence-electron chi connectivity index (χ4n) is 3.33. The number of nitrogens with zero attached hydrogens (tertiary/aromatic N) is 2. The van der Waals surface area contributed by atoms with Crippen LogP contribution in [0.1, 0.15) is 16.7 Å². The van der Waals surface area contributed by atoms with Gasteiger partial charge in [-0.1, -0.05) is 59.4 Å². The topological polar surface area (TPSA) is 43.6 Å². The fraction of sp³-hybridized carbons (Fsp3) is 0.0833. The number of aryl methyl sites for hydroxylation is 1. The third-order valence-corrected chi connectivity index (χ3v) is 6.50. The van der Waals surface area contributed by atoms with Gasteiger partial charge in [0.05, 0.1) is 20.0 Å². The lowest BCUT2D eigenvalue weighted by Crippen LogP contribution is -2.22. The smallest absolute Gasteiger partial charge is 0.274 e. The molecule has 0 N–H and O–H groups in total. The minimum atomic E-state index is -0.0421. The molecule has 0 saturated heterocycles. The SMILES string of the molecule is Cc1ccc(COc2ccc(C=c3sc4nc5ccccc5n4c3=O)cc2Br)cc1. The highest BCUT2D eigenvalue weighted by Crippen LogP contribution is 2.27. The third kappa shape index (κ3) is 3.53. The van der Waals surface area contributed by atoms with Crippen molar-refractivity contribution in [3.63, 3.8) is 0 Å². The molecule has 0 spiro atoms. The van der Waals surface area contributed by atoms with Crippen molar-refractivity contribution in [3.8, 4) is 5.75 Å². The van der Waals surface area contributed by atoms with E-state index in [9.17, 15) is 4.79 Å². The number of hydrogen-bond donors (Lipinski definition) is 0. The number of fused-ring (bicyclic) bond motifs is 3. The highest BCUT2D eigenvalue weighted by Gasteiger charge is 2.11. The van der Waals surface area contributed by atoms with Gasteiger partial charge >= 0.3 is 0 Å². The van der Waals surface area contributed by atoms with Crippen molar-refractivity contribution in [2.45, 2.75) is 13.5 Å². The Balaban J connectivity index is 1.44. The summed E-state index contributed by atoms with van der Waals surface area (Å²) in [7, 11) is 0. The Morgan fingerprint density at radius 3 is 2.70 bits per heavy atom. The number of ether oxygens (including phenoxy) is 1. The van der Waals surface area contributed by atoms with Gasteiger partial charge in [0.1, 0.15) is 12.4 Å². The van der Waals surface area contributed by atoms with Crippen LogP contribution in [0.4, 0.5) is 0 Å². The van der Waals surface area contributed by atoms with E-state index < -0.39 is 0 Å². The molecule has 5 rings (SSSR count). The van der Waals surface area contributed by atoms with E-state index in [0.29, 0.717) is 16.1 Å². The van der Waals surface area contributed by atoms with Crippen LogP contribution in [0.2, 0.25) is 0 Å². The van der Waals surface area contributed by atoms with Crippen molar-refractivity contribution in [1.82, 2.24) is 9.38 Å². The summed E-state index contributed by atoms with van der Waals surface area (Å²) in [5.74, 6) is 0.766. The number of benzene rings is 3. The Kier molecular flexibility index (Phi) is 4.89. The number of thiazole rings is 1. The second kappa shape index (κ2) is 7.70. The predicted octanol–water partition coefficient (Wildman–Crippen LogP) is 5.11. The lowest BCUT2D eigenvalue weighted by atomic mass is 10.2. The van der Waals surface area contributed by atoms with Crippen molar-refractivity contribution >= 4 is 49.3 Å². The number of hydrogen-bond acceptors (Lipinski definition) is 4. The average molecular weight is 477 g/mol.